The Morgan fingerprint density at radius 2 is 1.77 bits per heavy atom. The van der Waals surface area contributed by atoms with E-state index in [1.54, 1.807) is 6.92 Å². The molecule has 3 rings (SSSR count). The molecule has 2 aromatic carbocycles. The number of amides is 1. The van der Waals surface area contributed by atoms with Crippen LogP contribution in [0.2, 0.25) is 10.0 Å². The standard InChI is InChI=1S/C19H20Cl2N4O5S/c1-13(19(26)22-18-12-15(25(27)28)4-7-17(18)21)23-8-10-24(11-9-23)31(29,30)16-5-2-14(20)3-6-16/h2-7,12-13H,8-11H2,1H3,(H,22,26)/p+1/t13-/m1/s1. The van der Waals surface area contributed by atoms with Crippen LogP contribution in [0, 0.1) is 10.1 Å². The van der Waals surface area contributed by atoms with Crippen molar-refractivity contribution in [1.82, 2.24) is 4.31 Å². The quantitative estimate of drug-likeness (QED) is 0.476. The number of carbonyl (C=O) groups excluding carboxylic acids is 1. The number of quaternary nitrogens is 1. The summed E-state index contributed by atoms with van der Waals surface area (Å²) < 4.78 is 27.0. The Kier molecular flexibility index (Phi) is 7.17. The van der Waals surface area contributed by atoms with Gasteiger partial charge in [0.2, 0.25) is 10.0 Å². The molecule has 0 aliphatic carbocycles. The number of rotatable bonds is 6. The Balaban J connectivity index is 1.63. The van der Waals surface area contributed by atoms with Crippen LogP contribution in [0.5, 0.6) is 0 Å². The van der Waals surface area contributed by atoms with Gasteiger partial charge in [0, 0.05) is 17.2 Å². The molecular weight excluding hydrogens is 467 g/mol. The van der Waals surface area contributed by atoms with Crippen LogP contribution in [0.1, 0.15) is 6.92 Å². The first-order valence-electron chi connectivity index (χ1n) is 9.44. The summed E-state index contributed by atoms with van der Waals surface area (Å²) in [5.41, 5.74) is -0.0169. The van der Waals surface area contributed by atoms with Gasteiger partial charge in [-0.1, -0.05) is 23.2 Å². The van der Waals surface area contributed by atoms with Crippen molar-refractivity contribution >= 4 is 50.5 Å². The van der Waals surface area contributed by atoms with Crippen LogP contribution in [0.25, 0.3) is 0 Å². The highest BCUT2D eigenvalue weighted by Gasteiger charge is 2.34. The summed E-state index contributed by atoms with van der Waals surface area (Å²) in [5.74, 6) is -0.355. The van der Waals surface area contributed by atoms with Crippen molar-refractivity contribution in [3.63, 3.8) is 0 Å². The summed E-state index contributed by atoms with van der Waals surface area (Å²) in [5, 5.41) is 14.2. The fourth-order valence-corrected chi connectivity index (χ4v) is 5.08. The van der Waals surface area contributed by atoms with E-state index >= 15 is 0 Å². The van der Waals surface area contributed by atoms with Crippen molar-refractivity contribution in [1.29, 1.82) is 0 Å². The lowest BCUT2D eigenvalue weighted by Gasteiger charge is -2.34. The highest BCUT2D eigenvalue weighted by atomic mass is 35.5. The van der Waals surface area contributed by atoms with E-state index in [-0.39, 0.29) is 40.3 Å². The molecule has 0 saturated carbocycles. The molecule has 2 N–H and O–H groups in total. The summed E-state index contributed by atoms with van der Waals surface area (Å²) in [6.45, 7) is 3.11. The van der Waals surface area contributed by atoms with Crippen molar-refractivity contribution < 1.29 is 23.0 Å². The first kappa shape index (κ1) is 23.4. The molecule has 1 saturated heterocycles. The van der Waals surface area contributed by atoms with E-state index < -0.39 is 21.0 Å². The van der Waals surface area contributed by atoms with Gasteiger partial charge in [-0.05, 0) is 37.3 Å². The molecule has 1 aliphatic heterocycles. The van der Waals surface area contributed by atoms with Crippen LogP contribution < -0.4 is 10.2 Å². The molecule has 1 atom stereocenters. The van der Waals surface area contributed by atoms with Gasteiger partial charge < -0.3 is 10.2 Å². The molecule has 12 heteroatoms. The van der Waals surface area contributed by atoms with Gasteiger partial charge in [-0.25, -0.2) is 8.42 Å². The fraction of sp³-hybridized carbons (Fsp3) is 0.316. The van der Waals surface area contributed by atoms with Gasteiger partial charge in [0.05, 0.1) is 46.7 Å². The van der Waals surface area contributed by atoms with Gasteiger partial charge in [-0.3, -0.25) is 14.9 Å². The number of benzene rings is 2. The Bertz CT molecular complexity index is 1090. The Labute approximate surface area is 189 Å². The van der Waals surface area contributed by atoms with Crippen molar-refractivity contribution in [2.45, 2.75) is 17.9 Å². The van der Waals surface area contributed by atoms with E-state index in [2.05, 4.69) is 5.32 Å². The molecular formula is C19H21Cl2N4O5S+. The number of nitrogens with zero attached hydrogens (tertiary/aromatic N) is 2. The number of hydrogen-bond donors (Lipinski definition) is 2. The molecule has 0 aromatic heterocycles. The number of non-ortho nitro benzene ring substituents is 1. The SMILES string of the molecule is C[C@H](C(=O)Nc1cc([N+](=O)[O-])ccc1Cl)[NH+]1CCN(S(=O)(=O)c2ccc(Cl)cc2)CC1. The minimum absolute atomic E-state index is 0.163. The minimum atomic E-state index is -3.64. The average Bonchev–Trinajstić information content (AvgIpc) is 2.75. The van der Waals surface area contributed by atoms with Gasteiger partial charge in [0.15, 0.2) is 6.04 Å². The third kappa shape index (κ3) is 5.34. The normalized spacial score (nSPS) is 16.6. The summed E-state index contributed by atoms with van der Waals surface area (Å²) >= 11 is 11.9. The molecule has 1 amide bonds. The van der Waals surface area contributed by atoms with Crippen LogP contribution in [0.3, 0.4) is 0 Å². The molecule has 1 fully saturated rings. The van der Waals surface area contributed by atoms with E-state index in [0.29, 0.717) is 18.1 Å². The molecule has 0 bridgehead atoms. The Morgan fingerprint density at radius 1 is 1.16 bits per heavy atom. The van der Waals surface area contributed by atoms with Gasteiger partial charge >= 0.3 is 0 Å². The molecule has 9 nitrogen and oxygen atoms in total. The van der Waals surface area contributed by atoms with Crippen LogP contribution in [-0.2, 0) is 14.8 Å². The number of carbonyl (C=O) groups is 1. The van der Waals surface area contributed by atoms with E-state index in [1.807, 2.05) is 0 Å². The molecule has 0 unspecified atom stereocenters. The zero-order valence-electron chi connectivity index (χ0n) is 16.5. The summed E-state index contributed by atoms with van der Waals surface area (Å²) in [4.78, 5) is 24.1. The fourth-order valence-electron chi connectivity index (χ4n) is 3.35. The third-order valence-corrected chi connectivity index (χ3v) is 7.73. The second kappa shape index (κ2) is 9.49. The van der Waals surface area contributed by atoms with Gasteiger partial charge in [0.25, 0.3) is 11.6 Å². The first-order chi connectivity index (χ1) is 14.6. The van der Waals surface area contributed by atoms with Crippen LogP contribution in [-0.4, -0.2) is 55.8 Å². The molecule has 31 heavy (non-hydrogen) atoms. The summed E-state index contributed by atoms with van der Waals surface area (Å²) in [6.07, 6.45) is 0. The summed E-state index contributed by atoms with van der Waals surface area (Å²) in [6, 6.07) is 9.31. The Hall–Kier alpha value is -2.24. The van der Waals surface area contributed by atoms with Crippen LogP contribution >= 0.6 is 23.2 Å². The zero-order valence-corrected chi connectivity index (χ0v) is 18.9. The average molecular weight is 488 g/mol. The number of sulfonamides is 1. The second-order valence-corrected chi connectivity index (χ2v) is 9.93. The van der Waals surface area contributed by atoms with Crippen molar-refractivity contribution in [2.24, 2.45) is 0 Å². The third-order valence-electron chi connectivity index (χ3n) is 5.24. The van der Waals surface area contributed by atoms with Crippen molar-refractivity contribution in [2.75, 3.05) is 31.5 Å². The molecule has 0 spiro atoms. The van der Waals surface area contributed by atoms with Crippen LogP contribution in [0.4, 0.5) is 11.4 Å². The maximum absolute atomic E-state index is 12.8. The van der Waals surface area contributed by atoms with Gasteiger partial charge in [0.1, 0.15) is 0 Å². The minimum Gasteiger partial charge on any atom is -0.323 e. The largest absolute Gasteiger partial charge is 0.323 e. The molecule has 0 radical (unpaired) electrons. The smallest absolute Gasteiger partial charge is 0.282 e. The topological polar surface area (TPSA) is 114 Å². The number of nitro benzene ring substituents is 1. The second-order valence-electron chi connectivity index (χ2n) is 7.15. The highest BCUT2D eigenvalue weighted by Crippen LogP contribution is 2.26. The number of hydrogen-bond acceptors (Lipinski definition) is 5. The molecule has 1 aliphatic rings. The lowest BCUT2D eigenvalue weighted by atomic mass is 10.2. The monoisotopic (exact) mass is 487 g/mol. The lowest BCUT2D eigenvalue weighted by molar-refractivity contribution is -0.917. The maximum Gasteiger partial charge on any atom is 0.282 e. The lowest BCUT2D eigenvalue weighted by Crippen LogP contribution is -3.19. The number of piperazine rings is 1. The first-order valence-corrected chi connectivity index (χ1v) is 11.6. The Morgan fingerprint density at radius 3 is 2.35 bits per heavy atom. The molecule has 2 aromatic rings. The number of nitrogens with one attached hydrogen (secondary N) is 2. The van der Waals surface area contributed by atoms with E-state index in [9.17, 15) is 23.3 Å². The van der Waals surface area contributed by atoms with E-state index in [1.165, 1.54) is 46.8 Å². The predicted molar refractivity (Wildman–Crippen MR) is 117 cm³/mol. The van der Waals surface area contributed by atoms with E-state index in [0.717, 1.165) is 4.90 Å². The van der Waals surface area contributed by atoms with Crippen LogP contribution in [0.15, 0.2) is 47.4 Å². The van der Waals surface area contributed by atoms with Gasteiger partial charge in [-0.2, -0.15) is 4.31 Å². The maximum atomic E-state index is 12.8. The highest BCUT2D eigenvalue weighted by molar-refractivity contribution is 7.89. The summed E-state index contributed by atoms with van der Waals surface area (Å²) in [7, 11) is -3.64. The van der Waals surface area contributed by atoms with E-state index in [4.69, 9.17) is 23.2 Å². The van der Waals surface area contributed by atoms with Gasteiger partial charge in [-0.15, -0.1) is 0 Å². The number of anilines is 1. The predicted octanol–water partition coefficient (Wildman–Crippen LogP) is 1.82. The number of halogens is 2. The van der Waals surface area contributed by atoms with Crippen molar-refractivity contribution in [3.8, 4) is 0 Å². The molecule has 1 heterocycles. The zero-order chi connectivity index (χ0) is 22.8. The van der Waals surface area contributed by atoms with Crippen molar-refractivity contribution in [3.05, 3.63) is 62.6 Å². The molecule has 166 valence electrons. The number of nitro groups is 1.